The second-order valence-corrected chi connectivity index (χ2v) is 5.51. The molecule has 1 saturated heterocycles. The van der Waals surface area contributed by atoms with Crippen LogP contribution in [0, 0.1) is 0 Å². The van der Waals surface area contributed by atoms with E-state index in [1.807, 2.05) is 91.0 Å². The van der Waals surface area contributed by atoms with Gasteiger partial charge in [0.2, 0.25) is 0 Å². The molecule has 1 atom stereocenters. The van der Waals surface area contributed by atoms with Gasteiger partial charge in [-0.05, 0) is 29.8 Å². The normalized spacial score (nSPS) is 17.0. The van der Waals surface area contributed by atoms with Gasteiger partial charge < -0.3 is 4.84 Å². The highest BCUT2D eigenvalue weighted by atomic mass is 16.7. The average Bonchev–Trinajstić information content (AvgIpc) is 3.01. The number of hydrogen-bond donors (Lipinski definition) is 0. The van der Waals surface area contributed by atoms with Crippen molar-refractivity contribution in [2.24, 2.45) is 0 Å². The fourth-order valence-electron chi connectivity index (χ4n) is 2.90. The number of benzene rings is 3. The lowest BCUT2D eigenvalue weighted by Gasteiger charge is -2.27. The van der Waals surface area contributed by atoms with Crippen LogP contribution in [0.3, 0.4) is 0 Å². The zero-order valence-electron chi connectivity index (χ0n) is 12.9. The predicted octanol–water partition coefficient (Wildman–Crippen LogP) is 4.76. The van der Waals surface area contributed by atoms with Gasteiger partial charge in [-0.2, -0.15) is 5.06 Å². The highest BCUT2D eigenvalue weighted by Gasteiger charge is 2.42. The molecule has 0 bridgehead atoms. The topological polar surface area (TPSA) is 32.8 Å². The third kappa shape index (κ3) is 2.48. The molecule has 0 unspecified atom stereocenters. The summed E-state index contributed by atoms with van der Waals surface area (Å²) in [7, 11) is 0. The monoisotopic (exact) mass is 316 g/mol. The minimum absolute atomic E-state index is 0.358. The van der Waals surface area contributed by atoms with Crippen LogP contribution in [0.2, 0.25) is 0 Å². The maximum atomic E-state index is 12.6. The number of hydrogen-bond acceptors (Lipinski definition) is 3. The van der Waals surface area contributed by atoms with Crippen molar-refractivity contribution >= 4 is 17.5 Å². The lowest BCUT2D eigenvalue weighted by atomic mass is 10.1. The van der Waals surface area contributed by atoms with E-state index >= 15 is 0 Å². The molecule has 1 fully saturated rings. The molecular weight excluding hydrogens is 300 g/mol. The highest BCUT2D eigenvalue weighted by molar-refractivity contribution is 5.92. The van der Waals surface area contributed by atoms with E-state index in [-0.39, 0.29) is 12.3 Å². The van der Waals surface area contributed by atoms with Gasteiger partial charge in [0.05, 0.1) is 5.69 Å². The molecule has 0 spiro atoms. The maximum absolute atomic E-state index is 12.6. The van der Waals surface area contributed by atoms with Crippen LogP contribution in [-0.4, -0.2) is 6.09 Å². The third-order valence-electron chi connectivity index (χ3n) is 3.98. The van der Waals surface area contributed by atoms with Crippen molar-refractivity contribution in [3.8, 4) is 0 Å². The fourth-order valence-corrected chi connectivity index (χ4v) is 2.90. The number of carbonyl (C=O) groups is 1. The number of rotatable bonds is 3. The van der Waals surface area contributed by atoms with E-state index in [0.717, 1.165) is 16.9 Å². The van der Waals surface area contributed by atoms with Crippen molar-refractivity contribution in [1.82, 2.24) is 0 Å². The Labute approximate surface area is 140 Å². The molecule has 0 aliphatic carbocycles. The molecule has 4 nitrogen and oxygen atoms in total. The maximum Gasteiger partial charge on any atom is 0.440 e. The van der Waals surface area contributed by atoms with Crippen LogP contribution in [0.25, 0.3) is 0 Å². The molecule has 1 heterocycles. The number of anilines is 2. The molecule has 0 N–H and O–H groups in total. The first-order valence-corrected chi connectivity index (χ1v) is 7.80. The molecule has 4 heteroatoms. The molecule has 0 saturated carbocycles. The molecule has 0 aromatic heterocycles. The first-order chi connectivity index (χ1) is 11.8. The van der Waals surface area contributed by atoms with Gasteiger partial charge in [-0.1, -0.05) is 66.7 Å². The molecule has 1 aliphatic heterocycles. The standard InChI is InChI=1S/C20H16N2O2/c23-20-21(17-12-6-2-7-13-17)19(16-10-4-1-5-11-16)22(24-20)18-14-8-3-9-15-18/h1-15,19H/t19-/m1/s1. The Morgan fingerprint density at radius 1 is 0.667 bits per heavy atom. The number of nitrogens with zero attached hydrogens (tertiary/aromatic N) is 2. The molecule has 3 aromatic carbocycles. The van der Waals surface area contributed by atoms with Gasteiger partial charge in [0, 0.05) is 5.69 Å². The average molecular weight is 316 g/mol. The SMILES string of the molecule is O=C1ON(c2ccccc2)[C@H](c2ccccc2)N1c1ccccc1. The lowest BCUT2D eigenvalue weighted by molar-refractivity contribution is 0.164. The van der Waals surface area contributed by atoms with E-state index in [9.17, 15) is 4.79 Å². The zero-order valence-corrected chi connectivity index (χ0v) is 12.9. The minimum atomic E-state index is -0.390. The van der Waals surface area contributed by atoms with Crippen molar-refractivity contribution in [3.63, 3.8) is 0 Å². The van der Waals surface area contributed by atoms with Gasteiger partial charge in [-0.3, -0.25) is 0 Å². The van der Waals surface area contributed by atoms with Gasteiger partial charge in [0.25, 0.3) is 0 Å². The van der Waals surface area contributed by atoms with Crippen molar-refractivity contribution < 1.29 is 9.63 Å². The molecule has 1 amide bonds. The molecule has 118 valence electrons. The van der Waals surface area contributed by atoms with Crippen LogP contribution in [0.1, 0.15) is 11.7 Å². The Hall–Kier alpha value is -3.27. The van der Waals surface area contributed by atoms with Gasteiger partial charge in [-0.15, -0.1) is 0 Å². The second kappa shape index (κ2) is 6.08. The Morgan fingerprint density at radius 2 is 1.17 bits per heavy atom. The van der Waals surface area contributed by atoms with Gasteiger partial charge >= 0.3 is 6.09 Å². The van der Waals surface area contributed by atoms with Crippen LogP contribution in [-0.2, 0) is 4.84 Å². The summed E-state index contributed by atoms with van der Waals surface area (Å²) in [5.74, 6) is 0. The smallest absolute Gasteiger partial charge is 0.319 e. The van der Waals surface area contributed by atoms with E-state index < -0.39 is 0 Å². The molecule has 1 aliphatic rings. The van der Waals surface area contributed by atoms with Crippen LogP contribution in [0.4, 0.5) is 16.2 Å². The molecule has 3 aromatic rings. The van der Waals surface area contributed by atoms with Gasteiger partial charge in [0.1, 0.15) is 0 Å². The third-order valence-corrected chi connectivity index (χ3v) is 3.98. The van der Waals surface area contributed by atoms with Crippen LogP contribution in [0.5, 0.6) is 0 Å². The molecular formula is C20H16N2O2. The molecule has 4 rings (SSSR count). The Balaban J connectivity index is 1.83. The number of para-hydroxylation sites is 2. The largest absolute Gasteiger partial charge is 0.440 e. The summed E-state index contributed by atoms with van der Waals surface area (Å²) in [5, 5.41) is 1.66. The first kappa shape index (κ1) is 14.3. The summed E-state index contributed by atoms with van der Waals surface area (Å²) in [6.45, 7) is 0. The number of hydroxylamine groups is 1. The number of amides is 1. The van der Waals surface area contributed by atoms with Gasteiger partial charge in [0.15, 0.2) is 6.17 Å². The number of carbonyl (C=O) groups excluding carboxylic acids is 1. The Kier molecular flexibility index (Phi) is 3.63. The highest BCUT2D eigenvalue weighted by Crippen LogP contribution is 2.39. The summed E-state index contributed by atoms with van der Waals surface area (Å²) in [5.41, 5.74) is 2.61. The minimum Gasteiger partial charge on any atom is -0.319 e. The Morgan fingerprint density at radius 3 is 1.75 bits per heavy atom. The van der Waals surface area contributed by atoms with E-state index in [0.29, 0.717) is 0 Å². The first-order valence-electron chi connectivity index (χ1n) is 7.80. The van der Waals surface area contributed by atoms with Crippen LogP contribution in [0.15, 0.2) is 91.0 Å². The van der Waals surface area contributed by atoms with Crippen molar-refractivity contribution in [3.05, 3.63) is 96.6 Å². The van der Waals surface area contributed by atoms with Crippen molar-refractivity contribution in [2.45, 2.75) is 6.17 Å². The van der Waals surface area contributed by atoms with E-state index in [1.165, 1.54) is 0 Å². The summed E-state index contributed by atoms with van der Waals surface area (Å²) >= 11 is 0. The summed E-state index contributed by atoms with van der Waals surface area (Å²) < 4.78 is 0. The van der Waals surface area contributed by atoms with Crippen LogP contribution < -0.4 is 9.96 Å². The summed E-state index contributed by atoms with van der Waals surface area (Å²) in [4.78, 5) is 19.9. The molecule has 0 radical (unpaired) electrons. The Bertz CT molecular complexity index is 822. The second-order valence-electron chi connectivity index (χ2n) is 5.51. The summed E-state index contributed by atoms with van der Waals surface area (Å²) in [6.07, 6.45) is -0.748. The summed E-state index contributed by atoms with van der Waals surface area (Å²) in [6, 6.07) is 29.1. The predicted molar refractivity (Wildman–Crippen MR) is 93.5 cm³/mol. The fraction of sp³-hybridized carbons (Fsp3) is 0.0500. The van der Waals surface area contributed by atoms with Crippen LogP contribution >= 0.6 is 0 Å². The van der Waals surface area contributed by atoms with E-state index in [2.05, 4.69) is 0 Å². The van der Waals surface area contributed by atoms with E-state index in [1.54, 1.807) is 9.96 Å². The van der Waals surface area contributed by atoms with E-state index in [4.69, 9.17) is 4.84 Å². The lowest BCUT2D eigenvalue weighted by Crippen LogP contribution is -2.31. The van der Waals surface area contributed by atoms with Gasteiger partial charge in [-0.25, -0.2) is 9.69 Å². The van der Waals surface area contributed by atoms with Crippen molar-refractivity contribution in [2.75, 3.05) is 9.96 Å². The molecule has 24 heavy (non-hydrogen) atoms. The zero-order chi connectivity index (χ0) is 16.4. The quantitative estimate of drug-likeness (QED) is 0.698. The van der Waals surface area contributed by atoms with Crippen molar-refractivity contribution in [1.29, 1.82) is 0 Å².